The number of fused-ring (bicyclic) bond motifs is 1. The fourth-order valence-corrected chi connectivity index (χ4v) is 3.16. The molecule has 24 heavy (non-hydrogen) atoms. The number of esters is 2. The molecule has 2 rings (SSSR count). The van der Waals surface area contributed by atoms with Crippen molar-refractivity contribution in [2.24, 2.45) is 11.8 Å². The summed E-state index contributed by atoms with van der Waals surface area (Å²) in [7, 11) is 0. The predicted molar refractivity (Wildman–Crippen MR) is 90.0 cm³/mol. The molecule has 0 aromatic rings. The molecule has 1 aliphatic carbocycles. The number of hydrogen-bond acceptors (Lipinski definition) is 5. The minimum Gasteiger partial charge on any atom is -0.461 e. The van der Waals surface area contributed by atoms with Crippen molar-refractivity contribution in [3.05, 3.63) is 35.5 Å². The van der Waals surface area contributed by atoms with E-state index in [1.54, 1.807) is 19.9 Å². The first-order chi connectivity index (χ1) is 11.2. The minimum atomic E-state index is -0.612. The van der Waals surface area contributed by atoms with Crippen molar-refractivity contribution < 1.29 is 24.2 Å². The van der Waals surface area contributed by atoms with Gasteiger partial charge in [-0.05, 0) is 26.3 Å². The summed E-state index contributed by atoms with van der Waals surface area (Å²) in [4.78, 5) is 24.1. The molecule has 0 spiro atoms. The Morgan fingerprint density at radius 1 is 1.29 bits per heavy atom. The molecule has 0 bridgehead atoms. The molecule has 2 aliphatic rings. The van der Waals surface area contributed by atoms with E-state index in [0.29, 0.717) is 18.4 Å². The highest BCUT2D eigenvalue weighted by Gasteiger charge is 2.44. The van der Waals surface area contributed by atoms with E-state index in [0.717, 1.165) is 11.1 Å². The first kappa shape index (κ1) is 18.5. The third kappa shape index (κ3) is 4.15. The van der Waals surface area contributed by atoms with Gasteiger partial charge in [-0.2, -0.15) is 0 Å². The van der Waals surface area contributed by atoms with Crippen molar-refractivity contribution in [2.45, 2.75) is 58.8 Å². The summed E-state index contributed by atoms with van der Waals surface area (Å²) in [5.41, 5.74) is 2.16. The van der Waals surface area contributed by atoms with Crippen LogP contribution in [0.4, 0.5) is 0 Å². The molecule has 0 saturated carbocycles. The van der Waals surface area contributed by atoms with E-state index in [4.69, 9.17) is 9.47 Å². The van der Waals surface area contributed by atoms with Gasteiger partial charge >= 0.3 is 11.9 Å². The summed E-state index contributed by atoms with van der Waals surface area (Å²) in [6.07, 6.45) is 2.82. The van der Waals surface area contributed by atoms with E-state index in [9.17, 15) is 14.7 Å². The molecule has 0 radical (unpaired) electrons. The van der Waals surface area contributed by atoms with Crippen molar-refractivity contribution in [1.82, 2.24) is 0 Å². The van der Waals surface area contributed by atoms with Crippen molar-refractivity contribution in [3.63, 3.8) is 0 Å². The Hall–Kier alpha value is -1.88. The van der Waals surface area contributed by atoms with E-state index >= 15 is 0 Å². The van der Waals surface area contributed by atoms with Gasteiger partial charge in [0, 0.05) is 12.0 Å². The summed E-state index contributed by atoms with van der Waals surface area (Å²) in [5.74, 6) is -1.45. The number of hydrogen-bond donors (Lipinski definition) is 1. The van der Waals surface area contributed by atoms with Crippen LogP contribution in [0.2, 0.25) is 0 Å². The van der Waals surface area contributed by atoms with Crippen LogP contribution in [0.15, 0.2) is 35.5 Å². The second-order valence-electron chi connectivity index (χ2n) is 7.05. The second kappa shape index (κ2) is 7.34. The van der Waals surface area contributed by atoms with Crippen LogP contribution in [-0.2, 0) is 19.1 Å². The standard InChI is InChI=1S/C19H26O5/c1-10(2)18(21)23-15-8-11(3)6-14(20)7-12(4)9-16-17(15)13(5)19(22)24-16/h6,9-10,14-17,20H,5,7-8H2,1-4H3/b11-6+,12-9+/t14-,15+,16+,17+/m0/s1. The van der Waals surface area contributed by atoms with Crippen LogP contribution in [-0.4, -0.2) is 35.4 Å². The number of aliphatic hydroxyl groups is 1. The van der Waals surface area contributed by atoms with Crippen LogP contribution in [0.1, 0.15) is 40.5 Å². The van der Waals surface area contributed by atoms with E-state index in [1.165, 1.54) is 0 Å². The summed E-state index contributed by atoms with van der Waals surface area (Å²) in [5, 5.41) is 10.1. The summed E-state index contributed by atoms with van der Waals surface area (Å²) in [6.45, 7) is 11.1. The van der Waals surface area contributed by atoms with E-state index < -0.39 is 30.2 Å². The number of carbonyl (C=O) groups is 2. The zero-order valence-electron chi connectivity index (χ0n) is 14.7. The normalized spacial score (nSPS) is 35.4. The molecule has 4 atom stereocenters. The third-order valence-corrected chi connectivity index (χ3v) is 4.38. The van der Waals surface area contributed by atoms with E-state index in [-0.39, 0.29) is 11.9 Å². The maximum absolute atomic E-state index is 12.1. The van der Waals surface area contributed by atoms with Gasteiger partial charge < -0.3 is 14.6 Å². The lowest BCUT2D eigenvalue weighted by Crippen LogP contribution is -2.34. The lowest BCUT2D eigenvalue weighted by Gasteiger charge is -2.28. The second-order valence-corrected chi connectivity index (χ2v) is 7.05. The van der Waals surface area contributed by atoms with Crippen LogP contribution in [0.3, 0.4) is 0 Å². The molecule has 1 N–H and O–H groups in total. The van der Waals surface area contributed by atoms with Crippen LogP contribution in [0.25, 0.3) is 0 Å². The highest BCUT2D eigenvalue weighted by molar-refractivity contribution is 5.91. The van der Waals surface area contributed by atoms with E-state index in [1.807, 2.05) is 19.9 Å². The topological polar surface area (TPSA) is 72.8 Å². The van der Waals surface area contributed by atoms with Crippen LogP contribution < -0.4 is 0 Å². The lowest BCUT2D eigenvalue weighted by molar-refractivity contribution is -0.155. The SMILES string of the molecule is C=C1C(=O)O[C@@H]2/C=C(\C)C[C@@H](O)/C=C(\C)C[C@@H](OC(=O)C(C)C)[C@@H]12. The molecule has 1 fully saturated rings. The molecule has 0 aromatic carbocycles. The Kier molecular flexibility index (Phi) is 5.65. The van der Waals surface area contributed by atoms with Gasteiger partial charge in [0.05, 0.1) is 17.9 Å². The maximum atomic E-state index is 12.1. The number of ether oxygens (including phenoxy) is 2. The fraction of sp³-hybridized carbons (Fsp3) is 0.579. The highest BCUT2D eigenvalue weighted by atomic mass is 16.6. The minimum absolute atomic E-state index is 0.266. The van der Waals surface area contributed by atoms with Gasteiger partial charge in [-0.25, -0.2) is 4.79 Å². The van der Waals surface area contributed by atoms with Gasteiger partial charge in [-0.1, -0.05) is 37.6 Å². The zero-order valence-corrected chi connectivity index (χ0v) is 14.7. The first-order valence-electron chi connectivity index (χ1n) is 8.32. The Balaban J connectivity index is 2.41. The number of aliphatic hydroxyl groups excluding tert-OH is 1. The Labute approximate surface area is 143 Å². The van der Waals surface area contributed by atoms with Crippen LogP contribution in [0.5, 0.6) is 0 Å². The van der Waals surface area contributed by atoms with Gasteiger partial charge in [0.15, 0.2) is 0 Å². The molecule has 5 heteroatoms. The Bertz CT molecular complexity index is 599. The van der Waals surface area contributed by atoms with Gasteiger partial charge in [-0.3, -0.25) is 4.79 Å². The van der Waals surface area contributed by atoms with Gasteiger partial charge in [0.2, 0.25) is 0 Å². The van der Waals surface area contributed by atoms with Crippen LogP contribution >= 0.6 is 0 Å². The lowest BCUT2D eigenvalue weighted by atomic mass is 9.85. The van der Waals surface area contributed by atoms with Crippen molar-refractivity contribution >= 4 is 11.9 Å². The molecule has 1 heterocycles. The zero-order chi connectivity index (χ0) is 18.0. The number of rotatable bonds is 2. The highest BCUT2D eigenvalue weighted by Crippen LogP contribution is 2.36. The van der Waals surface area contributed by atoms with Crippen LogP contribution in [0, 0.1) is 11.8 Å². The van der Waals surface area contributed by atoms with Crippen molar-refractivity contribution in [1.29, 1.82) is 0 Å². The predicted octanol–water partition coefficient (Wildman–Crippen LogP) is 2.70. The molecular formula is C19H26O5. The summed E-state index contributed by atoms with van der Waals surface area (Å²) < 4.78 is 11.1. The van der Waals surface area contributed by atoms with E-state index in [2.05, 4.69) is 6.58 Å². The molecule has 132 valence electrons. The van der Waals surface area contributed by atoms with Gasteiger partial charge in [0.25, 0.3) is 0 Å². The Morgan fingerprint density at radius 3 is 2.54 bits per heavy atom. The molecule has 0 aromatic heterocycles. The van der Waals surface area contributed by atoms with Gasteiger partial charge in [-0.15, -0.1) is 0 Å². The average molecular weight is 334 g/mol. The monoisotopic (exact) mass is 334 g/mol. The van der Waals surface area contributed by atoms with Gasteiger partial charge in [0.1, 0.15) is 12.2 Å². The summed E-state index contributed by atoms with van der Waals surface area (Å²) in [6, 6.07) is 0. The molecule has 5 nitrogen and oxygen atoms in total. The largest absolute Gasteiger partial charge is 0.461 e. The molecular weight excluding hydrogens is 308 g/mol. The van der Waals surface area contributed by atoms with Crippen molar-refractivity contribution in [2.75, 3.05) is 0 Å². The molecule has 1 saturated heterocycles. The summed E-state index contributed by atoms with van der Waals surface area (Å²) >= 11 is 0. The molecule has 0 amide bonds. The quantitative estimate of drug-likeness (QED) is 0.477. The van der Waals surface area contributed by atoms with Crippen molar-refractivity contribution in [3.8, 4) is 0 Å². The first-order valence-corrected chi connectivity index (χ1v) is 8.32. The molecule has 0 unspecified atom stereocenters. The fourth-order valence-electron chi connectivity index (χ4n) is 3.16. The maximum Gasteiger partial charge on any atom is 0.334 e. The average Bonchev–Trinajstić information content (AvgIpc) is 2.71. The third-order valence-electron chi connectivity index (χ3n) is 4.38. The molecule has 1 aliphatic heterocycles. The number of carbonyl (C=O) groups excluding carboxylic acids is 2. The Morgan fingerprint density at radius 2 is 1.92 bits per heavy atom. The smallest absolute Gasteiger partial charge is 0.334 e.